The summed E-state index contributed by atoms with van der Waals surface area (Å²) in [6, 6.07) is 1.05. The third kappa shape index (κ3) is 1.62. The lowest BCUT2D eigenvalue weighted by molar-refractivity contribution is 0.180. The van der Waals surface area contributed by atoms with Crippen LogP contribution in [0.5, 0.6) is 0 Å². The Morgan fingerprint density at radius 2 is 1.62 bits per heavy atom. The third-order valence-electron chi connectivity index (χ3n) is 3.66. The first kappa shape index (κ1) is 9.46. The van der Waals surface area contributed by atoms with Crippen LogP contribution in [0.25, 0.3) is 0 Å². The molecular formula is C9H17NO2S. The molecule has 2 aliphatic heterocycles. The first-order valence-electron chi connectivity index (χ1n) is 4.89. The molecule has 0 amide bonds. The lowest BCUT2D eigenvalue weighted by atomic mass is 10.0. The van der Waals surface area contributed by atoms with Crippen molar-refractivity contribution in [3.63, 3.8) is 0 Å². The van der Waals surface area contributed by atoms with Gasteiger partial charge in [0.1, 0.15) is 9.84 Å². The minimum Gasteiger partial charge on any atom is -0.300 e. The molecular weight excluding hydrogens is 186 g/mol. The summed E-state index contributed by atoms with van der Waals surface area (Å²) in [5, 5.41) is -0.0683. The van der Waals surface area contributed by atoms with E-state index >= 15 is 0 Å². The second-order valence-electron chi connectivity index (χ2n) is 4.47. The number of hydrogen-bond acceptors (Lipinski definition) is 3. The number of fused-ring (bicyclic) bond motifs is 2. The van der Waals surface area contributed by atoms with Gasteiger partial charge in [-0.05, 0) is 32.7 Å². The Kier molecular flexibility index (Phi) is 2.15. The first-order chi connectivity index (χ1) is 5.98. The molecule has 13 heavy (non-hydrogen) atoms. The van der Waals surface area contributed by atoms with Crippen LogP contribution in [-0.4, -0.2) is 44.0 Å². The summed E-state index contributed by atoms with van der Waals surface area (Å²) in [4.78, 5) is 2.36. The molecule has 2 saturated heterocycles. The summed E-state index contributed by atoms with van der Waals surface area (Å²) in [6.45, 7) is 0. The van der Waals surface area contributed by atoms with Crippen molar-refractivity contribution in [1.29, 1.82) is 0 Å². The Labute approximate surface area is 80.0 Å². The van der Waals surface area contributed by atoms with E-state index < -0.39 is 9.84 Å². The Morgan fingerprint density at radius 3 is 2.00 bits per heavy atom. The standard InChI is InChI=1S/C9H17NO2S/c1-10-7-3-4-8(10)6-9(5-7)13(2,11)12/h7-9H,3-6H2,1-2H3. The van der Waals surface area contributed by atoms with E-state index in [0.29, 0.717) is 12.1 Å². The van der Waals surface area contributed by atoms with Crippen LogP contribution in [0.15, 0.2) is 0 Å². The molecule has 0 spiro atoms. The van der Waals surface area contributed by atoms with Crippen molar-refractivity contribution >= 4 is 9.84 Å². The highest BCUT2D eigenvalue weighted by molar-refractivity contribution is 7.91. The van der Waals surface area contributed by atoms with E-state index in [4.69, 9.17) is 0 Å². The van der Waals surface area contributed by atoms with Gasteiger partial charge >= 0.3 is 0 Å². The number of hydrogen-bond donors (Lipinski definition) is 0. The van der Waals surface area contributed by atoms with E-state index in [-0.39, 0.29) is 5.25 Å². The van der Waals surface area contributed by atoms with Crippen LogP contribution in [0.4, 0.5) is 0 Å². The van der Waals surface area contributed by atoms with Gasteiger partial charge < -0.3 is 4.90 Å². The molecule has 2 heterocycles. The van der Waals surface area contributed by atoms with Crippen molar-refractivity contribution in [2.75, 3.05) is 13.3 Å². The van der Waals surface area contributed by atoms with Gasteiger partial charge in [-0.3, -0.25) is 0 Å². The van der Waals surface area contributed by atoms with Crippen LogP contribution in [0.1, 0.15) is 25.7 Å². The molecule has 0 N–H and O–H groups in total. The largest absolute Gasteiger partial charge is 0.300 e. The Balaban J connectivity index is 2.16. The molecule has 0 aromatic rings. The highest BCUT2D eigenvalue weighted by atomic mass is 32.2. The van der Waals surface area contributed by atoms with Gasteiger partial charge in [0.25, 0.3) is 0 Å². The Morgan fingerprint density at radius 1 is 1.15 bits per heavy atom. The van der Waals surface area contributed by atoms with E-state index in [1.54, 1.807) is 0 Å². The van der Waals surface area contributed by atoms with Crippen molar-refractivity contribution in [2.24, 2.45) is 0 Å². The van der Waals surface area contributed by atoms with Gasteiger partial charge in [-0.2, -0.15) is 0 Å². The van der Waals surface area contributed by atoms with Gasteiger partial charge in [0, 0.05) is 18.3 Å². The van der Waals surface area contributed by atoms with Crippen LogP contribution in [-0.2, 0) is 9.84 Å². The van der Waals surface area contributed by atoms with Crippen molar-refractivity contribution < 1.29 is 8.42 Å². The fourth-order valence-corrected chi connectivity index (χ4v) is 3.85. The maximum Gasteiger partial charge on any atom is 0.150 e. The van der Waals surface area contributed by atoms with Crippen LogP contribution in [0.2, 0.25) is 0 Å². The van der Waals surface area contributed by atoms with E-state index in [0.717, 1.165) is 12.8 Å². The summed E-state index contributed by atoms with van der Waals surface area (Å²) < 4.78 is 22.8. The van der Waals surface area contributed by atoms with Gasteiger partial charge in [0.15, 0.2) is 0 Å². The second-order valence-corrected chi connectivity index (χ2v) is 6.80. The van der Waals surface area contributed by atoms with Crippen LogP contribution >= 0.6 is 0 Å². The molecule has 2 bridgehead atoms. The van der Waals surface area contributed by atoms with Crippen molar-refractivity contribution in [3.8, 4) is 0 Å². The van der Waals surface area contributed by atoms with E-state index in [2.05, 4.69) is 11.9 Å². The maximum atomic E-state index is 11.4. The summed E-state index contributed by atoms with van der Waals surface area (Å²) in [6.07, 6.45) is 5.46. The highest BCUT2D eigenvalue weighted by Gasteiger charge is 2.41. The average molecular weight is 203 g/mol. The molecule has 0 aromatic carbocycles. The zero-order chi connectivity index (χ0) is 9.64. The minimum absolute atomic E-state index is 0.0683. The molecule has 2 aliphatic rings. The quantitative estimate of drug-likeness (QED) is 0.628. The molecule has 2 unspecified atom stereocenters. The van der Waals surface area contributed by atoms with E-state index in [9.17, 15) is 8.42 Å². The topological polar surface area (TPSA) is 37.4 Å². The molecule has 0 aliphatic carbocycles. The average Bonchev–Trinajstić information content (AvgIpc) is 2.29. The normalized spacial score (nSPS) is 40.9. The van der Waals surface area contributed by atoms with Gasteiger partial charge in [-0.15, -0.1) is 0 Å². The Bertz CT molecular complexity index is 285. The zero-order valence-electron chi connectivity index (χ0n) is 8.23. The lowest BCUT2D eigenvalue weighted by Gasteiger charge is -2.35. The molecule has 4 heteroatoms. The highest BCUT2D eigenvalue weighted by Crippen LogP contribution is 2.36. The smallest absolute Gasteiger partial charge is 0.150 e. The second kappa shape index (κ2) is 2.95. The predicted molar refractivity (Wildman–Crippen MR) is 52.4 cm³/mol. The molecule has 76 valence electrons. The molecule has 2 atom stereocenters. The molecule has 0 saturated carbocycles. The third-order valence-corrected chi connectivity index (χ3v) is 5.26. The first-order valence-corrected chi connectivity index (χ1v) is 6.84. The number of rotatable bonds is 1. The van der Waals surface area contributed by atoms with Gasteiger partial charge in [-0.1, -0.05) is 0 Å². The molecule has 2 rings (SSSR count). The SMILES string of the molecule is CN1C2CCC1CC(S(C)(=O)=O)C2. The van der Waals surface area contributed by atoms with Gasteiger partial charge in [0.05, 0.1) is 5.25 Å². The summed E-state index contributed by atoms with van der Waals surface area (Å²) in [7, 11) is -0.676. The summed E-state index contributed by atoms with van der Waals surface area (Å²) in [5.41, 5.74) is 0. The molecule has 0 aromatic heterocycles. The van der Waals surface area contributed by atoms with E-state index in [1.807, 2.05) is 0 Å². The zero-order valence-corrected chi connectivity index (χ0v) is 9.05. The van der Waals surface area contributed by atoms with Crippen LogP contribution in [0.3, 0.4) is 0 Å². The van der Waals surface area contributed by atoms with Crippen molar-refractivity contribution in [3.05, 3.63) is 0 Å². The minimum atomic E-state index is -2.80. The maximum absolute atomic E-state index is 11.4. The number of sulfone groups is 1. The van der Waals surface area contributed by atoms with Crippen molar-refractivity contribution in [1.82, 2.24) is 4.90 Å². The predicted octanol–water partition coefficient (Wildman–Crippen LogP) is 0.656. The molecule has 2 fully saturated rings. The van der Waals surface area contributed by atoms with Gasteiger partial charge in [-0.25, -0.2) is 8.42 Å². The molecule has 3 nitrogen and oxygen atoms in total. The van der Waals surface area contributed by atoms with Gasteiger partial charge in [0.2, 0.25) is 0 Å². The van der Waals surface area contributed by atoms with Crippen LogP contribution < -0.4 is 0 Å². The lowest BCUT2D eigenvalue weighted by Crippen LogP contribution is -2.44. The fourth-order valence-electron chi connectivity index (χ4n) is 2.71. The fraction of sp³-hybridized carbons (Fsp3) is 1.00. The summed E-state index contributed by atoms with van der Waals surface area (Å²) >= 11 is 0. The van der Waals surface area contributed by atoms with Crippen molar-refractivity contribution in [2.45, 2.75) is 43.0 Å². The van der Waals surface area contributed by atoms with Crippen LogP contribution in [0, 0.1) is 0 Å². The Hall–Kier alpha value is -0.0900. The summed E-state index contributed by atoms with van der Waals surface area (Å²) in [5.74, 6) is 0. The monoisotopic (exact) mass is 203 g/mol. The molecule has 0 radical (unpaired) electrons. The number of nitrogens with zero attached hydrogens (tertiary/aromatic N) is 1. The van der Waals surface area contributed by atoms with E-state index in [1.165, 1.54) is 19.1 Å². The number of piperidine rings is 1.